The number of anilines is 3. The number of thioether (sulfide) groups is 1. The minimum Gasteiger partial charge on any atom is -0.310 e. The lowest BCUT2D eigenvalue weighted by Crippen LogP contribution is -2.16. The molecule has 0 unspecified atom stereocenters. The van der Waals surface area contributed by atoms with Crippen molar-refractivity contribution in [3.63, 3.8) is 0 Å². The molecular formula is C52H39NS. The number of hydrogen-bond acceptors (Lipinski definition) is 2. The quantitative estimate of drug-likeness (QED) is 0.179. The van der Waals surface area contributed by atoms with E-state index in [-0.39, 0.29) is 5.41 Å². The van der Waals surface area contributed by atoms with E-state index in [0.717, 1.165) is 22.8 Å². The van der Waals surface area contributed by atoms with Gasteiger partial charge in [-0.1, -0.05) is 159 Å². The molecule has 1 aliphatic heterocycles. The highest BCUT2D eigenvalue weighted by atomic mass is 32.2. The Labute approximate surface area is 322 Å². The molecule has 1 aliphatic carbocycles. The molecule has 0 fully saturated rings. The largest absolute Gasteiger partial charge is 0.310 e. The third-order valence-corrected chi connectivity index (χ3v) is 12.5. The van der Waals surface area contributed by atoms with Crippen LogP contribution in [0.1, 0.15) is 30.5 Å². The minimum atomic E-state index is -0.107. The Kier molecular flexibility index (Phi) is 7.89. The van der Waals surface area contributed by atoms with Gasteiger partial charge in [0.15, 0.2) is 0 Å². The van der Waals surface area contributed by atoms with Crippen molar-refractivity contribution in [1.29, 1.82) is 0 Å². The van der Waals surface area contributed by atoms with E-state index in [9.17, 15) is 0 Å². The molecule has 10 rings (SSSR count). The third kappa shape index (κ3) is 5.40. The summed E-state index contributed by atoms with van der Waals surface area (Å²) in [5.41, 5.74) is 20.1. The van der Waals surface area contributed by atoms with Gasteiger partial charge in [0.1, 0.15) is 0 Å². The Bertz CT molecular complexity index is 2690. The molecule has 0 spiro atoms. The summed E-state index contributed by atoms with van der Waals surface area (Å²) in [6.45, 7) is 4.73. The van der Waals surface area contributed by atoms with Gasteiger partial charge in [0, 0.05) is 33.1 Å². The third-order valence-electron chi connectivity index (χ3n) is 11.4. The first kappa shape index (κ1) is 32.6. The van der Waals surface area contributed by atoms with Crippen molar-refractivity contribution >= 4 is 28.8 Å². The van der Waals surface area contributed by atoms with Gasteiger partial charge in [0.25, 0.3) is 0 Å². The molecule has 0 saturated heterocycles. The molecule has 0 amide bonds. The maximum Gasteiger partial charge on any atom is 0.0468 e. The molecule has 0 bridgehead atoms. The molecule has 8 aromatic rings. The SMILES string of the molecule is CC1(C)c2ccccc2-c2ccc(N(c3ccc(-c4ccccc4)cc3)c3ccc4c(c3)-c3ccccc3CSc3ccccc3-c3ccccc3-4)cc21. The molecule has 8 aromatic carbocycles. The predicted octanol–water partition coefficient (Wildman–Crippen LogP) is 14.7. The van der Waals surface area contributed by atoms with Crippen LogP contribution in [0.4, 0.5) is 17.1 Å². The Hall–Kier alpha value is -6.09. The van der Waals surface area contributed by atoms with Gasteiger partial charge < -0.3 is 4.90 Å². The number of nitrogens with zero attached hydrogens (tertiary/aromatic N) is 1. The zero-order valence-corrected chi connectivity index (χ0v) is 31.3. The number of hydrogen-bond donors (Lipinski definition) is 0. The van der Waals surface area contributed by atoms with Gasteiger partial charge in [-0.05, 0) is 115 Å². The summed E-state index contributed by atoms with van der Waals surface area (Å²) in [6.07, 6.45) is 0. The smallest absolute Gasteiger partial charge is 0.0468 e. The van der Waals surface area contributed by atoms with Crippen molar-refractivity contribution < 1.29 is 0 Å². The average Bonchev–Trinajstić information content (AvgIpc) is 3.46. The van der Waals surface area contributed by atoms with Crippen molar-refractivity contribution in [2.45, 2.75) is 29.9 Å². The molecule has 1 nitrogen and oxygen atoms in total. The normalized spacial score (nSPS) is 13.4. The van der Waals surface area contributed by atoms with Gasteiger partial charge in [0.05, 0.1) is 0 Å². The zero-order valence-electron chi connectivity index (χ0n) is 30.5. The van der Waals surface area contributed by atoms with E-state index in [2.05, 4.69) is 207 Å². The number of benzene rings is 8. The van der Waals surface area contributed by atoms with Crippen LogP contribution in [0.5, 0.6) is 0 Å². The van der Waals surface area contributed by atoms with Crippen LogP contribution in [-0.2, 0) is 11.2 Å². The van der Waals surface area contributed by atoms with E-state index >= 15 is 0 Å². The van der Waals surface area contributed by atoms with Gasteiger partial charge in [-0.2, -0.15) is 0 Å². The Morgan fingerprint density at radius 2 is 0.907 bits per heavy atom. The van der Waals surface area contributed by atoms with Gasteiger partial charge in [0.2, 0.25) is 0 Å². The summed E-state index contributed by atoms with van der Waals surface area (Å²) in [4.78, 5) is 3.76. The van der Waals surface area contributed by atoms with Crippen LogP contribution in [0.3, 0.4) is 0 Å². The summed E-state index contributed by atoms with van der Waals surface area (Å²) in [7, 11) is 0. The number of fused-ring (bicyclic) bond motifs is 10. The molecule has 0 aromatic heterocycles. The van der Waals surface area contributed by atoms with E-state index in [1.807, 2.05) is 11.8 Å². The molecule has 0 radical (unpaired) electrons. The van der Waals surface area contributed by atoms with Crippen molar-refractivity contribution in [2.75, 3.05) is 4.90 Å². The zero-order chi connectivity index (χ0) is 36.2. The molecular weight excluding hydrogens is 671 g/mol. The van der Waals surface area contributed by atoms with E-state index in [1.165, 1.54) is 77.2 Å². The lowest BCUT2D eigenvalue weighted by atomic mass is 9.82. The van der Waals surface area contributed by atoms with Crippen molar-refractivity contribution in [2.24, 2.45) is 0 Å². The second kappa shape index (κ2) is 13.1. The molecule has 54 heavy (non-hydrogen) atoms. The second-order valence-corrected chi connectivity index (χ2v) is 15.9. The van der Waals surface area contributed by atoms with Crippen LogP contribution in [0.2, 0.25) is 0 Å². The molecule has 2 aliphatic rings. The predicted molar refractivity (Wildman–Crippen MR) is 230 cm³/mol. The van der Waals surface area contributed by atoms with E-state index in [1.54, 1.807) is 0 Å². The summed E-state index contributed by atoms with van der Waals surface area (Å²) in [5, 5.41) is 0. The topological polar surface area (TPSA) is 3.24 Å². The van der Waals surface area contributed by atoms with Gasteiger partial charge >= 0.3 is 0 Å². The van der Waals surface area contributed by atoms with Crippen LogP contribution in [0.15, 0.2) is 193 Å². The van der Waals surface area contributed by atoms with Gasteiger partial charge in [-0.3, -0.25) is 0 Å². The summed E-state index contributed by atoms with van der Waals surface area (Å²) in [6, 6.07) is 69.6. The summed E-state index contributed by atoms with van der Waals surface area (Å²) in [5.74, 6) is 0.893. The average molecular weight is 710 g/mol. The van der Waals surface area contributed by atoms with Crippen molar-refractivity contribution in [3.8, 4) is 55.6 Å². The molecule has 0 saturated carbocycles. The van der Waals surface area contributed by atoms with Crippen LogP contribution in [-0.4, -0.2) is 0 Å². The number of rotatable bonds is 4. The van der Waals surface area contributed by atoms with E-state index in [0.29, 0.717) is 0 Å². The Balaban J connectivity index is 1.19. The van der Waals surface area contributed by atoms with Crippen molar-refractivity contribution in [3.05, 3.63) is 205 Å². The Morgan fingerprint density at radius 3 is 1.69 bits per heavy atom. The van der Waals surface area contributed by atoms with Crippen LogP contribution in [0.25, 0.3) is 55.6 Å². The Morgan fingerprint density at radius 1 is 0.389 bits per heavy atom. The minimum absolute atomic E-state index is 0.107. The van der Waals surface area contributed by atoms with Crippen molar-refractivity contribution in [1.82, 2.24) is 0 Å². The molecule has 1 heterocycles. The molecule has 0 N–H and O–H groups in total. The fourth-order valence-electron chi connectivity index (χ4n) is 8.67. The highest BCUT2D eigenvalue weighted by molar-refractivity contribution is 7.98. The molecule has 2 heteroatoms. The first-order valence-corrected chi connectivity index (χ1v) is 19.8. The maximum absolute atomic E-state index is 2.45. The fraction of sp³-hybridized carbons (Fsp3) is 0.0769. The lowest BCUT2D eigenvalue weighted by molar-refractivity contribution is 0.660. The molecule has 0 atom stereocenters. The monoisotopic (exact) mass is 709 g/mol. The highest BCUT2D eigenvalue weighted by Crippen LogP contribution is 2.52. The van der Waals surface area contributed by atoms with E-state index < -0.39 is 0 Å². The van der Waals surface area contributed by atoms with Gasteiger partial charge in [-0.15, -0.1) is 11.8 Å². The summed E-state index contributed by atoms with van der Waals surface area (Å²) < 4.78 is 0. The first-order valence-electron chi connectivity index (χ1n) is 18.8. The van der Waals surface area contributed by atoms with Gasteiger partial charge in [-0.25, -0.2) is 0 Å². The van der Waals surface area contributed by atoms with Crippen LogP contribution < -0.4 is 4.90 Å². The van der Waals surface area contributed by atoms with E-state index in [4.69, 9.17) is 0 Å². The second-order valence-electron chi connectivity index (χ2n) is 14.9. The lowest BCUT2D eigenvalue weighted by Gasteiger charge is -2.29. The standard InChI is InChI=1S/C52H39NS/c1-52(2)49-22-12-10-20-45(49)46-31-29-40(33-50(46)52)53(38-26-24-36(25-27-38)35-14-4-3-5-15-35)39-28-30-44-42-18-8-9-19-43(42)47-21-11-13-23-51(47)54-34-37-16-6-7-17-41(37)48(44)32-39/h3-33H,34H2,1-2H3. The molecule has 258 valence electrons. The highest BCUT2D eigenvalue weighted by Gasteiger charge is 2.36. The van der Waals surface area contributed by atoms with Crippen LogP contribution in [0, 0.1) is 0 Å². The maximum atomic E-state index is 2.45. The summed E-state index contributed by atoms with van der Waals surface area (Å²) >= 11 is 1.93. The fourth-order valence-corrected chi connectivity index (χ4v) is 9.74. The van der Waals surface area contributed by atoms with Crippen LogP contribution >= 0.6 is 11.8 Å². The first-order chi connectivity index (χ1) is 26.5.